The molecule has 0 radical (unpaired) electrons. The molecule has 0 aromatic heterocycles. The monoisotopic (exact) mass is 745 g/mol. The molecule has 1 fully saturated rings. The topological polar surface area (TPSA) is 156 Å². The van der Waals surface area contributed by atoms with Gasteiger partial charge in [-0.25, -0.2) is 4.79 Å². The van der Waals surface area contributed by atoms with Crippen LogP contribution in [0.2, 0.25) is 0 Å². The summed E-state index contributed by atoms with van der Waals surface area (Å²) in [5.74, 6) is -2.47. The van der Waals surface area contributed by atoms with E-state index in [-0.39, 0.29) is 60.3 Å². The Kier molecular flexibility index (Phi) is 18.9. The summed E-state index contributed by atoms with van der Waals surface area (Å²) in [7, 11) is 7.81. The van der Waals surface area contributed by atoms with Gasteiger partial charge >= 0.3 is 5.97 Å². The zero-order valence-corrected chi connectivity index (χ0v) is 34.1. The second kappa shape index (κ2) is 22.0. The van der Waals surface area contributed by atoms with E-state index in [1.807, 2.05) is 71.9 Å². The first-order valence-corrected chi connectivity index (χ1v) is 19.1. The molecule has 0 bridgehead atoms. The van der Waals surface area contributed by atoms with Crippen molar-refractivity contribution in [1.82, 2.24) is 25.8 Å². The Hall–Kier alpha value is -3.55. The summed E-state index contributed by atoms with van der Waals surface area (Å²) in [4.78, 5) is 71.2. The van der Waals surface area contributed by atoms with Crippen LogP contribution in [-0.4, -0.2) is 124 Å². The van der Waals surface area contributed by atoms with Crippen LogP contribution >= 0.6 is 0 Å². The molecule has 1 aromatic carbocycles. The molecule has 1 aliphatic rings. The number of methoxy groups -OCH3 is 3. The van der Waals surface area contributed by atoms with Gasteiger partial charge in [0.1, 0.15) is 12.1 Å². The summed E-state index contributed by atoms with van der Waals surface area (Å²) in [5.41, 5.74) is 0.875. The quantitative estimate of drug-likeness (QED) is 0.161. The number of ether oxygens (including phenoxy) is 3. The third-order valence-corrected chi connectivity index (χ3v) is 10.8. The lowest BCUT2D eigenvalue weighted by atomic mass is 9.89. The number of esters is 1. The van der Waals surface area contributed by atoms with Gasteiger partial charge in [-0.15, -0.1) is 0 Å². The SMILES string of the molecule is CC[C@H](C)[C@@H]([C@@H](CC(=O)N1CCCC1[C@H](OC)[C@@H](C)C(=O)NC(Cc1ccccc1)C(=O)OC)OC)N(C)C(=O)C(NC(=O)C(NC)C(C)C)C(C)C. The Labute approximate surface area is 317 Å². The molecule has 4 amide bonds. The third kappa shape index (κ3) is 12.2. The number of likely N-dealkylation sites (tertiary alicyclic amines) is 1. The number of nitrogens with one attached hydrogen (secondary N) is 3. The van der Waals surface area contributed by atoms with Gasteiger partial charge in [-0.3, -0.25) is 19.2 Å². The highest BCUT2D eigenvalue weighted by molar-refractivity contribution is 5.90. The van der Waals surface area contributed by atoms with E-state index < -0.39 is 48.3 Å². The number of benzene rings is 1. The minimum Gasteiger partial charge on any atom is -0.467 e. The van der Waals surface area contributed by atoms with Crippen molar-refractivity contribution >= 4 is 29.6 Å². The maximum atomic E-state index is 14.2. The molecule has 1 heterocycles. The smallest absolute Gasteiger partial charge is 0.328 e. The highest BCUT2D eigenvalue weighted by Gasteiger charge is 2.43. The van der Waals surface area contributed by atoms with Gasteiger partial charge in [0.2, 0.25) is 23.6 Å². The summed E-state index contributed by atoms with van der Waals surface area (Å²) in [5, 5.41) is 8.88. The lowest BCUT2D eigenvalue weighted by molar-refractivity contribution is -0.148. The lowest BCUT2D eigenvalue weighted by Gasteiger charge is -2.41. The van der Waals surface area contributed by atoms with Crippen LogP contribution in [0.25, 0.3) is 0 Å². The Morgan fingerprint density at radius 1 is 0.887 bits per heavy atom. The third-order valence-electron chi connectivity index (χ3n) is 10.8. The number of hydrogen-bond donors (Lipinski definition) is 3. The van der Waals surface area contributed by atoms with E-state index in [1.165, 1.54) is 14.2 Å². The van der Waals surface area contributed by atoms with Gasteiger partial charge in [-0.2, -0.15) is 0 Å². The molecule has 3 N–H and O–H groups in total. The van der Waals surface area contributed by atoms with E-state index in [9.17, 15) is 24.0 Å². The molecule has 0 aliphatic carbocycles. The normalized spacial score (nSPS) is 19.1. The van der Waals surface area contributed by atoms with Gasteiger partial charge in [0.05, 0.1) is 49.8 Å². The summed E-state index contributed by atoms with van der Waals surface area (Å²) in [6, 6.07) is 6.41. The van der Waals surface area contributed by atoms with E-state index in [0.29, 0.717) is 13.0 Å². The molecule has 13 heteroatoms. The van der Waals surface area contributed by atoms with Gasteiger partial charge in [-0.05, 0) is 43.2 Å². The van der Waals surface area contributed by atoms with Crippen molar-refractivity contribution < 1.29 is 38.2 Å². The van der Waals surface area contributed by atoms with Gasteiger partial charge in [0.15, 0.2) is 0 Å². The van der Waals surface area contributed by atoms with E-state index in [4.69, 9.17) is 14.2 Å². The first-order valence-electron chi connectivity index (χ1n) is 19.1. The molecule has 53 heavy (non-hydrogen) atoms. The van der Waals surface area contributed by atoms with Crippen LogP contribution in [0.3, 0.4) is 0 Å². The van der Waals surface area contributed by atoms with E-state index in [0.717, 1.165) is 18.4 Å². The average Bonchev–Trinajstić information content (AvgIpc) is 3.62. The molecule has 9 atom stereocenters. The summed E-state index contributed by atoms with van der Waals surface area (Å²) in [6.07, 6.45) is 1.08. The van der Waals surface area contributed by atoms with Crippen molar-refractivity contribution in [3.8, 4) is 0 Å². The number of carbonyl (C=O) groups is 5. The minimum absolute atomic E-state index is 0.00596. The first kappa shape index (κ1) is 45.6. The average molecular weight is 746 g/mol. The number of likely N-dealkylation sites (N-methyl/N-ethyl adjacent to an activating group) is 2. The fraction of sp³-hybridized carbons (Fsp3) is 0.725. The molecule has 4 unspecified atom stereocenters. The number of hydrogen-bond acceptors (Lipinski definition) is 9. The molecule has 1 aliphatic heterocycles. The summed E-state index contributed by atoms with van der Waals surface area (Å²) >= 11 is 0. The molecule has 2 rings (SSSR count). The minimum atomic E-state index is -0.889. The molecule has 1 aromatic rings. The molecular weight excluding hydrogens is 678 g/mol. The zero-order chi connectivity index (χ0) is 40.0. The molecule has 13 nitrogen and oxygen atoms in total. The van der Waals surface area contributed by atoms with Gasteiger partial charge < -0.3 is 40.0 Å². The highest BCUT2D eigenvalue weighted by Crippen LogP contribution is 2.30. The van der Waals surface area contributed by atoms with Crippen LogP contribution in [0, 0.1) is 23.7 Å². The highest BCUT2D eigenvalue weighted by atomic mass is 16.5. The standard InChI is InChI=1S/C40H67N5O8/c1-13-26(6)35(44(9)39(49)34(25(4)5)43-38(48)33(41-8)24(2)3)31(51-10)23-32(46)45-21-17-20-30(45)36(52-11)27(7)37(47)42-29(40(50)53-12)22-28-18-15-14-16-19-28/h14-16,18-19,24-27,29-31,33-36,41H,13,17,20-23H2,1-12H3,(H,42,47)(H,43,48)/t26-,27+,29?,30?,31+,33?,34?,35-,36+/m0/s1. The fourth-order valence-corrected chi connectivity index (χ4v) is 7.54. The van der Waals surface area contributed by atoms with Crippen LogP contribution < -0.4 is 16.0 Å². The number of amides is 4. The van der Waals surface area contributed by atoms with Crippen molar-refractivity contribution in [1.29, 1.82) is 0 Å². The largest absolute Gasteiger partial charge is 0.467 e. The molecular formula is C40H67N5O8. The van der Waals surface area contributed by atoms with Gasteiger partial charge in [0.25, 0.3) is 0 Å². The van der Waals surface area contributed by atoms with Crippen LogP contribution in [0.1, 0.15) is 79.7 Å². The predicted octanol–water partition coefficient (Wildman–Crippen LogP) is 3.19. The number of nitrogens with zero attached hydrogens (tertiary/aromatic N) is 2. The van der Waals surface area contributed by atoms with Crippen LogP contribution in [0.15, 0.2) is 30.3 Å². The van der Waals surface area contributed by atoms with Crippen LogP contribution in [0.4, 0.5) is 0 Å². The van der Waals surface area contributed by atoms with Crippen molar-refractivity contribution in [2.75, 3.05) is 42.0 Å². The Morgan fingerprint density at radius 3 is 2.02 bits per heavy atom. The van der Waals surface area contributed by atoms with Crippen molar-refractivity contribution in [2.24, 2.45) is 23.7 Å². The molecule has 1 saturated heterocycles. The van der Waals surface area contributed by atoms with Gasteiger partial charge in [0, 0.05) is 34.2 Å². The lowest BCUT2D eigenvalue weighted by Crippen LogP contribution is -2.59. The number of rotatable bonds is 21. The molecule has 300 valence electrons. The summed E-state index contributed by atoms with van der Waals surface area (Å²) < 4.78 is 16.9. The molecule has 0 spiro atoms. The fourth-order valence-electron chi connectivity index (χ4n) is 7.54. The van der Waals surface area contributed by atoms with Crippen LogP contribution in [0.5, 0.6) is 0 Å². The maximum absolute atomic E-state index is 14.2. The van der Waals surface area contributed by atoms with Gasteiger partial charge in [-0.1, -0.05) is 85.2 Å². The van der Waals surface area contributed by atoms with Crippen molar-refractivity contribution in [2.45, 2.75) is 123 Å². The Balaban J connectivity index is 2.27. The zero-order valence-electron chi connectivity index (χ0n) is 34.1. The second-order valence-electron chi connectivity index (χ2n) is 15.1. The molecule has 0 saturated carbocycles. The van der Waals surface area contributed by atoms with Crippen LogP contribution in [-0.2, 0) is 44.6 Å². The van der Waals surface area contributed by atoms with Crippen molar-refractivity contribution in [3.63, 3.8) is 0 Å². The first-order chi connectivity index (χ1) is 25.1. The van der Waals surface area contributed by atoms with E-state index >= 15 is 0 Å². The van der Waals surface area contributed by atoms with E-state index in [2.05, 4.69) is 16.0 Å². The summed E-state index contributed by atoms with van der Waals surface area (Å²) in [6.45, 7) is 14.0. The predicted molar refractivity (Wildman–Crippen MR) is 205 cm³/mol. The second-order valence-corrected chi connectivity index (χ2v) is 15.1. The maximum Gasteiger partial charge on any atom is 0.328 e. The van der Waals surface area contributed by atoms with E-state index in [1.54, 1.807) is 37.9 Å². The Bertz CT molecular complexity index is 1330. The Morgan fingerprint density at radius 2 is 1.51 bits per heavy atom. The number of carbonyl (C=O) groups excluding carboxylic acids is 5. The van der Waals surface area contributed by atoms with Crippen molar-refractivity contribution in [3.05, 3.63) is 35.9 Å².